The molecule has 0 amide bonds. The first-order valence-electron chi connectivity index (χ1n) is 4.27. The fourth-order valence-corrected chi connectivity index (χ4v) is 1.16. The van der Waals surface area contributed by atoms with Crippen LogP contribution in [0.15, 0.2) is 24.3 Å². The second-order valence-corrected chi connectivity index (χ2v) is 3.05. The van der Waals surface area contributed by atoms with Crippen molar-refractivity contribution in [3.05, 3.63) is 35.7 Å². The zero-order valence-electron chi connectivity index (χ0n) is 7.95. The van der Waals surface area contributed by atoms with Gasteiger partial charge in [-0.1, -0.05) is 12.1 Å². The summed E-state index contributed by atoms with van der Waals surface area (Å²) >= 11 is 0. The molecule has 0 unspecified atom stereocenters. The molecule has 0 aliphatic carbocycles. The minimum absolute atomic E-state index is 0.309. The van der Waals surface area contributed by atoms with Crippen molar-refractivity contribution in [2.75, 3.05) is 0 Å². The van der Waals surface area contributed by atoms with E-state index in [4.69, 9.17) is 5.11 Å². The summed E-state index contributed by atoms with van der Waals surface area (Å²) in [6, 6.07) is 7.39. The van der Waals surface area contributed by atoms with Crippen LogP contribution >= 0.6 is 0 Å². The standard InChI is InChI=1S/C9H8N4O2/c1-6-3-2-4-7(5-6)13-11-8(9(14)15)10-12-13/h2-5H,1H3,(H,14,15). The first-order chi connectivity index (χ1) is 7.16. The molecule has 1 N–H and O–H groups in total. The molecule has 1 aromatic carbocycles. The maximum absolute atomic E-state index is 10.5. The van der Waals surface area contributed by atoms with E-state index in [9.17, 15) is 4.79 Å². The van der Waals surface area contributed by atoms with Crippen molar-refractivity contribution in [1.82, 2.24) is 20.2 Å². The fraction of sp³-hybridized carbons (Fsp3) is 0.111. The summed E-state index contributed by atoms with van der Waals surface area (Å²) in [5, 5.41) is 19.4. The average molecular weight is 204 g/mol. The van der Waals surface area contributed by atoms with E-state index in [1.54, 1.807) is 6.07 Å². The van der Waals surface area contributed by atoms with Crippen molar-refractivity contribution in [2.24, 2.45) is 0 Å². The van der Waals surface area contributed by atoms with Crippen LogP contribution in [0.1, 0.15) is 16.2 Å². The van der Waals surface area contributed by atoms with E-state index in [1.165, 1.54) is 4.80 Å². The highest BCUT2D eigenvalue weighted by Gasteiger charge is 2.10. The second kappa shape index (κ2) is 3.49. The van der Waals surface area contributed by atoms with Crippen molar-refractivity contribution in [3.63, 3.8) is 0 Å². The van der Waals surface area contributed by atoms with E-state index in [-0.39, 0.29) is 5.82 Å². The molecule has 2 rings (SSSR count). The molecule has 0 aliphatic heterocycles. The molecule has 6 heteroatoms. The average Bonchev–Trinajstić information content (AvgIpc) is 2.66. The lowest BCUT2D eigenvalue weighted by Crippen LogP contribution is -2.02. The van der Waals surface area contributed by atoms with Gasteiger partial charge in [0.15, 0.2) is 0 Å². The van der Waals surface area contributed by atoms with Gasteiger partial charge in [0.25, 0.3) is 5.82 Å². The summed E-state index contributed by atoms with van der Waals surface area (Å²) in [4.78, 5) is 11.7. The molecule has 0 atom stereocenters. The number of aromatic carboxylic acids is 1. The Morgan fingerprint density at radius 1 is 1.47 bits per heavy atom. The Morgan fingerprint density at radius 3 is 2.87 bits per heavy atom. The van der Waals surface area contributed by atoms with Crippen molar-refractivity contribution >= 4 is 5.97 Å². The van der Waals surface area contributed by atoms with Gasteiger partial charge in [0, 0.05) is 0 Å². The maximum Gasteiger partial charge on any atom is 0.377 e. The monoisotopic (exact) mass is 204 g/mol. The van der Waals surface area contributed by atoms with Crippen molar-refractivity contribution in [3.8, 4) is 5.69 Å². The summed E-state index contributed by atoms with van der Waals surface area (Å²) in [7, 11) is 0. The number of carbonyl (C=O) groups is 1. The molecule has 15 heavy (non-hydrogen) atoms. The summed E-state index contributed by atoms with van der Waals surface area (Å²) in [6.45, 7) is 1.93. The van der Waals surface area contributed by atoms with Crippen LogP contribution in [0.3, 0.4) is 0 Å². The predicted molar refractivity (Wildman–Crippen MR) is 50.9 cm³/mol. The number of hydrogen-bond donors (Lipinski definition) is 1. The number of aromatic nitrogens is 4. The zero-order chi connectivity index (χ0) is 10.8. The number of nitrogens with zero attached hydrogens (tertiary/aromatic N) is 4. The van der Waals surface area contributed by atoms with Gasteiger partial charge in [-0.15, -0.1) is 15.0 Å². The Morgan fingerprint density at radius 2 is 2.27 bits per heavy atom. The molecule has 76 valence electrons. The Hall–Kier alpha value is -2.24. The molecular formula is C9H8N4O2. The first-order valence-corrected chi connectivity index (χ1v) is 4.27. The lowest BCUT2D eigenvalue weighted by atomic mass is 10.2. The first kappa shape index (κ1) is 9.32. The van der Waals surface area contributed by atoms with Crippen LogP contribution in [-0.4, -0.2) is 31.3 Å². The molecule has 0 saturated heterocycles. The maximum atomic E-state index is 10.5. The van der Waals surface area contributed by atoms with Crippen molar-refractivity contribution in [2.45, 2.75) is 6.92 Å². The highest BCUT2D eigenvalue weighted by atomic mass is 16.4. The number of hydrogen-bond acceptors (Lipinski definition) is 4. The number of tetrazole rings is 1. The van der Waals surface area contributed by atoms with Crippen LogP contribution in [0.4, 0.5) is 0 Å². The number of aryl methyl sites for hydroxylation is 1. The predicted octanol–water partition coefficient (Wildman–Crippen LogP) is 0.669. The summed E-state index contributed by atoms with van der Waals surface area (Å²) in [5.41, 5.74) is 1.73. The van der Waals surface area contributed by atoms with E-state index < -0.39 is 5.97 Å². The van der Waals surface area contributed by atoms with Crippen LogP contribution in [0.5, 0.6) is 0 Å². The van der Waals surface area contributed by atoms with E-state index in [2.05, 4.69) is 15.4 Å². The summed E-state index contributed by atoms with van der Waals surface area (Å²) in [6.07, 6.45) is 0. The van der Waals surface area contributed by atoms with Crippen LogP contribution in [0.25, 0.3) is 5.69 Å². The molecule has 0 bridgehead atoms. The minimum atomic E-state index is -1.19. The third-order valence-electron chi connectivity index (χ3n) is 1.84. The van der Waals surface area contributed by atoms with Gasteiger partial charge >= 0.3 is 5.97 Å². The SMILES string of the molecule is Cc1cccc(-n2nnc(C(=O)O)n2)c1. The summed E-state index contributed by atoms with van der Waals surface area (Å²) in [5.74, 6) is -1.49. The highest BCUT2D eigenvalue weighted by molar-refractivity contribution is 5.82. The molecule has 1 aromatic heterocycles. The van der Waals surface area contributed by atoms with E-state index >= 15 is 0 Å². The molecular weight excluding hydrogens is 196 g/mol. The molecule has 0 aliphatic rings. The topological polar surface area (TPSA) is 80.9 Å². The van der Waals surface area contributed by atoms with Gasteiger partial charge in [-0.2, -0.15) is 0 Å². The van der Waals surface area contributed by atoms with E-state index in [1.807, 2.05) is 25.1 Å². The summed E-state index contributed by atoms with van der Waals surface area (Å²) < 4.78 is 0. The number of carboxylic acid groups (broad SMARTS) is 1. The number of benzene rings is 1. The molecule has 0 radical (unpaired) electrons. The molecule has 2 aromatic rings. The zero-order valence-corrected chi connectivity index (χ0v) is 7.95. The number of rotatable bonds is 2. The van der Waals surface area contributed by atoms with Gasteiger partial charge < -0.3 is 5.11 Å². The molecule has 1 heterocycles. The molecule has 0 spiro atoms. The normalized spacial score (nSPS) is 10.2. The Balaban J connectivity index is 2.41. The van der Waals surface area contributed by atoms with E-state index in [0.717, 1.165) is 5.56 Å². The third kappa shape index (κ3) is 1.83. The lowest BCUT2D eigenvalue weighted by molar-refractivity contribution is 0.0683. The van der Waals surface area contributed by atoms with Gasteiger partial charge in [0.05, 0.1) is 5.69 Å². The lowest BCUT2D eigenvalue weighted by Gasteiger charge is -1.98. The van der Waals surface area contributed by atoms with Gasteiger partial charge in [-0.25, -0.2) is 4.79 Å². The third-order valence-corrected chi connectivity index (χ3v) is 1.84. The van der Waals surface area contributed by atoms with Gasteiger partial charge in [0.1, 0.15) is 0 Å². The van der Waals surface area contributed by atoms with Crippen LogP contribution in [0.2, 0.25) is 0 Å². The van der Waals surface area contributed by atoms with Gasteiger partial charge in [0.2, 0.25) is 0 Å². The largest absolute Gasteiger partial charge is 0.475 e. The Labute approximate surface area is 85.2 Å². The second-order valence-electron chi connectivity index (χ2n) is 3.05. The van der Waals surface area contributed by atoms with Crippen molar-refractivity contribution in [1.29, 1.82) is 0 Å². The van der Waals surface area contributed by atoms with Crippen molar-refractivity contribution < 1.29 is 9.90 Å². The van der Waals surface area contributed by atoms with Gasteiger partial charge in [-0.05, 0) is 29.8 Å². The Bertz CT molecular complexity index is 506. The van der Waals surface area contributed by atoms with Crippen LogP contribution in [0, 0.1) is 6.92 Å². The van der Waals surface area contributed by atoms with Gasteiger partial charge in [-0.3, -0.25) is 0 Å². The molecule has 6 nitrogen and oxygen atoms in total. The van der Waals surface area contributed by atoms with E-state index in [0.29, 0.717) is 5.69 Å². The van der Waals surface area contributed by atoms with Crippen LogP contribution < -0.4 is 0 Å². The molecule has 0 fully saturated rings. The van der Waals surface area contributed by atoms with Crippen LogP contribution in [-0.2, 0) is 0 Å². The fourth-order valence-electron chi connectivity index (χ4n) is 1.16. The minimum Gasteiger partial charge on any atom is -0.475 e. The number of carboxylic acids is 1. The Kier molecular flexibility index (Phi) is 2.17. The smallest absolute Gasteiger partial charge is 0.377 e. The quantitative estimate of drug-likeness (QED) is 0.777. The highest BCUT2D eigenvalue weighted by Crippen LogP contribution is 2.06. The molecule has 0 saturated carbocycles.